The van der Waals surface area contributed by atoms with Crippen LogP contribution in [-0.4, -0.2) is 24.4 Å². The Labute approximate surface area is 67.9 Å². The summed E-state index contributed by atoms with van der Waals surface area (Å²) in [6, 6.07) is 0. The van der Waals surface area contributed by atoms with Crippen molar-refractivity contribution >= 4 is 5.91 Å². The van der Waals surface area contributed by atoms with Crippen LogP contribution in [0.2, 0.25) is 0 Å². The molecule has 2 nitrogen and oxygen atoms in total. The van der Waals surface area contributed by atoms with Gasteiger partial charge >= 0.3 is 0 Å². The van der Waals surface area contributed by atoms with E-state index in [0.717, 1.165) is 19.4 Å². The molecule has 62 valence electrons. The Morgan fingerprint density at radius 1 is 1.55 bits per heavy atom. The quantitative estimate of drug-likeness (QED) is 0.482. The average Bonchev–Trinajstić information content (AvgIpc) is 2.00. The van der Waals surface area contributed by atoms with Crippen LogP contribution in [0.4, 0.5) is 0 Å². The summed E-state index contributed by atoms with van der Waals surface area (Å²) in [6.45, 7) is 2.84. The summed E-state index contributed by atoms with van der Waals surface area (Å²) in [5, 5.41) is 0. The van der Waals surface area contributed by atoms with E-state index in [9.17, 15) is 4.79 Å². The average molecular weight is 153 g/mol. The molecule has 0 fully saturated rings. The van der Waals surface area contributed by atoms with Crippen LogP contribution in [0.25, 0.3) is 0 Å². The van der Waals surface area contributed by atoms with E-state index < -0.39 is 0 Å². The van der Waals surface area contributed by atoms with E-state index in [2.05, 4.69) is 12.2 Å². The second-order valence-corrected chi connectivity index (χ2v) is 3.16. The first kappa shape index (κ1) is 8.31. The first-order valence-electron chi connectivity index (χ1n) is 4.12. The zero-order valence-electron chi connectivity index (χ0n) is 7.21. The molecule has 0 bridgehead atoms. The lowest BCUT2D eigenvalue weighted by molar-refractivity contribution is -0.133. The van der Waals surface area contributed by atoms with Gasteiger partial charge in [0.25, 0.3) is 0 Å². The number of amides is 1. The second kappa shape index (κ2) is 3.56. The SMILES string of the molecule is CC1C/C=C\CCN(C)C1=O. The maximum Gasteiger partial charge on any atom is 0.225 e. The van der Waals surface area contributed by atoms with Crippen LogP contribution >= 0.6 is 0 Å². The van der Waals surface area contributed by atoms with Gasteiger partial charge in [-0.1, -0.05) is 19.1 Å². The molecule has 11 heavy (non-hydrogen) atoms. The Morgan fingerprint density at radius 2 is 2.27 bits per heavy atom. The van der Waals surface area contributed by atoms with E-state index in [4.69, 9.17) is 0 Å². The van der Waals surface area contributed by atoms with E-state index in [0.29, 0.717) is 0 Å². The standard InChI is InChI=1S/C9H15NO/c1-8-6-4-3-5-7-10(2)9(8)11/h3-4,8H,5-7H2,1-2H3/b4-3-. The molecule has 0 aromatic rings. The highest BCUT2D eigenvalue weighted by atomic mass is 16.2. The predicted octanol–water partition coefficient (Wildman–Crippen LogP) is 1.43. The van der Waals surface area contributed by atoms with E-state index >= 15 is 0 Å². The fraction of sp³-hybridized carbons (Fsp3) is 0.667. The van der Waals surface area contributed by atoms with Gasteiger partial charge in [0.1, 0.15) is 0 Å². The third kappa shape index (κ3) is 2.07. The summed E-state index contributed by atoms with van der Waals surface area (Å²) in [4.78, 5) is 13.2. The fourth-order valence-electron chi connectivity index (χ4n) is 1.27. The Bertz CT molecular complexity index is 174. The van der Waals surface area contributed by atoms with E-state index in [1.54, 1.807) is 0 Å². The number of allylic oxidation sites excluding steroid dienone is 1. The number of carbonyl (C=O) groups is 1. The van der Waals surface area contributed by atoms with Crippen molar-refractivity contribution in [3.63, 3.8) is 0 Å². The molecule has 0 spiro atoms. The van der Waals surface area contributed by atoms with Gasteiger partial charge in [-0.05, 0) is 12.8 Å². The number of carbonyl (C=O) groups excluding carboxylic acids is 1. The van der Waals surface area contributed by atoms with Crippen molar-refractivity contribution in [1.29, 1.82) is 0 Å². The molecular formula is C9H15NO. The van der Waals surface area contributed by atoms with E-state index in [1.165, 1.54) is 0 Å². The highest BCUT2D eigenvalue weighted by Crippen LogP contribution is 2.10. The number of hydrogen-bond donors (Lipinski definition) is 0. The highest BCUT2D eigenvalue weighted by molar-refractivity contribution is 5.78. The lowest BCUT2D eigenvalue weighted by Crippen LogP contribution is -2.32. The molecule has 0 N–H and O–H groups in total. The van der Waals surface area contributed by atoms with Crippen molar-refractivity contribution < 1.29 is 4.79 Å². The minimum absolute atomic E-state index is 0.163. The Hall–Kier alpha value is -0.790. The molecule has 0 radical (unpaired) electrons. The monoisotopic (exact) mass is 153 g/mol. The van der Waals surface area contributed by atoms with Gasteiger partial charge in [-0.15, -0.1) is 0 Å². The summed E-state index contributed by atoms with van der Waals surface area (Å²) in [5.74, 6) is 0.436. The van der Waals surface area contributed by atoms with Crippen molar-refractivity contribution in [2.24, 2.45) is 5.92 Å². The van der Waals surface area contributed by atoms with Crippen LogP contribution in [-0.2, 0) is 4.79 Å². The summed E-state index contributed by atoms with van der Waals surface area (Å²) < 4.78 is 0. The second-order valence-electron chi connectivity index (χ2n) is 3.16. The van der Waals surface area contributed by atoms with Gasteiger partial charge in [-0.2, -0.15) is 0 Å². The van der Waals surface area contributed by atoms with Crippen molar-refractivity contribution in [2.45, 2.75) is 19.8 Å². The number of nitrogens with zero attached hydrogens (tertiary/aromatic N) is 1. The molecular weight excluding hydrogens is 138 g/mol. The van der Waals surface area contributed by atoms with E-state index in [1.807, 2.05) is 18.9 Å². The van der Waals surface area contributed by atoms with Crippen LogP contribution in [0.5, 0.6) is 0 Å². The molecule has 1 rings (SSSR count). The molecule has 0 saturated carbocycles. The first-order valence-corrected chi connectivity index (χ1v) is 4.12. The third-order valence-electron chi connectivity index (χ3n) is 2.09. The minimum Gasteiger partial charge on any atom is -0.345 e. The molecule has 0 saturated heterocycles. The smallest absolute Gasteiger partial charge is 0.225 e. The maximum atomic E-state index is 11.4. The molecule has 1 amide bonds. The van der Waals surface area contributed by atoms with Crippen molar-refractivity contribution in [1.82, 2.24) is 4.90 Å². The van der Waals surface area contributed by atoms with E-state index in [-0.39, 0.29) is 11.8 Å². The van der Waals surface area contributed by atoms with Gasteiger partial charge in [0.05, 0.1) is 0 Å². The van der Waals surface area contributed by atoms with Crippen LogP contribution in [0.15, 0.2) is 12.2 Å². The lowest BCUT2D eigenvalue weighted by Gasteiger charge is -2.21. The van der Waals surface area contributed by atoms with Crippen molar-refractivity contribution in [3.05, 3.63) is 12.2 Å². The molecule has 2 heteroatoms. The van der Waals surface area contributed by atoms with Crippen LogP contribution in [0.1, 0.15) is 19.8 Å². The van der Waals surface area contributed by atoms with Gasteiger partial charge in [0, 0.05) is 19.5 Å². The zero-order valence-corrected chi connectivity index (χ0v) is 7.21. The molecule has 0 aromatic heterocycles. The van der Waals surface area contributed by atoms with Gasteiger partial charge in [0.15, 0.2) is 0 Å². The largest absolute Gasteiger partial charge is 0.345 e. The number of hydrogen-bond acceptors (Lipinski definition) is 1. The van der Waals surface area contributed by atoms with Crippen molar-refractivity contribution in [3.8, 4) is 0 Å². The Kier molecular flexibility index (Phi) is 2.69. The molecule has 0 aliphatic carbocycles. The molecule has 1 unspecified atom stereocenters. The molecule has 1 heterocycles. The first-order chi connectivity index (χ1) is 5.22. The normalized spacial score (nSPS) is 29.5. The summed E-state index contributed by atoms with van der Waals surface area (Å²) >= 11 is 0. The maximum absolute atomic E-state index is 11.4. The van der Waals surface area contributed by atoms with Gasteiger partial charge in [-0.3, -0.25) is 4.79 Å². The van der Waals surface area contributed by atoms with Crippen LogP contribution < -0.4 is 0 Å². The Balaban J connectivity index is 2.62. The highest BCUT2D eigenvalue weighted by Gasteiger charge is 2.16. The van der Waals surface area contributed by atoms with Gasteiger partial charge < -0.3 is 4.90 Å². The number of rotatable bonds is 0. The topological polar surface area (TPSA) is 20.3 Å². The Morgan fingerprint density at radius 3 is 3.00 bits per heavy atom. The summed E-state index contributed by atoms with van der Waals surface area (Å²) in [6.07, 6.45) is 6.15. The van der Waals surface area contributed by atoms with Crippen LogP contribution in [0, 0.1) is 5.92 Å². The third-order valence-corrected chi connectivity index (χ3v) is 2.09. The van der Waals surface area contributed by atoms with Crippen LogP contribution in [0.3, 0.4) is 0 Å². The van der Waals surface area contributed by atoms with Gasteiger partial charge in [0.2, 0.25) is 5.91 Å². The molecule has 0 aromatic carbocycles. The molecule has 1 aliphatic heterocycles. The molecule has 1 aliphatic rings. The van der Waals surface area contributed by atoms with Crippen molar-refractivity contribution in [2.75, 3.05) is 13.6 Å². The summed E-state index contributed by atoms with van der Waals surface area (Å²) in [7, 11) is 1.87. The minimum atomic E-state index is 0.163. The lowest BCUT2D eigenvalue weighted by atomic mass is 10.0. The van der Waals surface area contributed by atoms with Gasteiger partial charge in [-0.25, -0.2) is 0 Å². The molecule has 1 atom stereocenters. The zero-order chi connectivity index (χ0) is 8.27. The fourth-order valence-corrected chi connectivity index (χ4v) is 1.27. The predicted molar refractivity (Wildman–Crippen MR) is 45.2 cm³/mol. The summed E-state index contributed by atoms with van der Waals surface area (Å²) in [5.41, 5.74) is 0.